The molecule has 92 valence electrons. The molecule has 0 spiro atoms. The maximum absolute atomic E-state index is 12.1. The van der Waals surface area contributed by atoms with Crippen molar-refractivity contribution in [2.45, 2.75) is 26.4 Å². The first-order chi connectivity index (χ1) is 8.08. The third-order valence-corrected chi connectivity index (χ3v) is 2.74. The SMILES string of the molecule is CC(C)C1NC(=O)CN(Cc2ccon2)C1=O. The van der Waals surface area contributed by atoms with Gasteiger partial charge in [-0.3, -0.25) is 9.59 Å². The molecule has 1 atom stereocenters. The van der Waals surface area contributed by atoms with Crippen LogP contribution in [0.25, 0.3) is 0 Å². The topological polar surface area (TPSA) is 75.4 Å². The van der Waals surface area contributed by atoms with Crippen LogP contribution in [0.5, 0.6) is 0 Å². The Morgan fingerprint density at radius 1 is 1.59 bits per heavy atom. The van der Waals surface area contributed by atoms with Crippen LogP contribution in [0.2, 0.25) is 0 Å². The van der Waals surface area contributed by atoms with Gasteiger partial charge in [-0.15, -0.1) is 0 Å². The lowest BCUT2D eigenvalue weighted by Gasteiger charge is -2.33. The van der Waals surface area contributed by atoms with Crippen LogP contribution in [0.1, 0.15) is 19.5 Å². The molecule has 0 radical (unpaired) electrons. The van der Waals surface area contributed by atoms with Gasteiger partial charge in [0.25, 0.3) is 0 Å². The van der Waals surface area contributed by atoms with Crippen LogP contribution in [-0.4, -0.2) is 34.5 Å². The molecule has 0 bridgehead atoms. The Labute approximate surface area is 98.9 Å². The number of carbonyl (C=O) groups excluding carboxylic acids is 2. The maximum atomic E-state index is 12.1. The van der Waals surface area contributed by atoms with E-state index in [2.05, 4.69) is 10.5 Å². The second-order valence-corrected chi connectivity index (χ2v) is 4.47. The summed E-state index contributed by atoms with van der Waals surface area (Å²) in [5.41, 5.74) is 0.649. The molecule has 1 aromatic rings. The Kier molecular flexibility index (Phi) is 3.12. The molecular formula is C11H15N3O3. The average Bonchev–Trinajstić information content (AvgIpc) is 2.75. The standard InChI is InChI=1S/C11H15N3O3/c1-7(2)10-11(16)14(6-9(15)12-10)5-8-3-4-17-13-8/h3-4,7,10H,5-6H2,1-2H3,(H,12,15). The van der Waals surface area contributed by atoms with Crippen LogP contribution in [-0.2, 0) is 16.1 Å². The Morgan fingerprint density at radius 2 is 2.35 bits per heavy atom. The fourth-order valence-corrected chi connectivity index (χ4v) is 1.83. The number of hydrogen-bond donors (Lipinski definition) is 1. The van der Waals surface area contributed by atoms with Crippen LogP contribution in [0.3, 0.4) is 0 Å². The number of amides is 2. The number of rotatable bonds is 3. The Bertz CT molecular complexity index is 414. The maximum Gasteiger partial charge on any atom is 0.246 e. The van der Waals surface area contributed by atoms with Gasteiger partial charge < -0.3 is 14.7 Å². The van der Waals surface area contributed by atoms with Crippen molar-refractivity contribution in [3.8, 4) is 0 Å². The summed E-state index contributed by atoms with van der Waals surface area (Å²) in [7, 11) is 0. The Morgan fingerprint density at radius 3 is 2.94 bits per heavy atom. The molecular weight excluding hydrogens is 222 g/mol. The molecule has 2 heterocycles. The second kappa shape index (κ2) is 4.57. The predicted molar refractivity (Wildman–Crippen MR) is 58.7 cm³/mol. The molecule has 6 heteroatoms. The number of aromatic nitrogens is 1. The quantitative estimate of drug-likeness (QED) is 0.812. The summed E-state index contributed by atoms with van der Waals surface area (Å²) < 4.78 is 4.70. The summed E-state index contributed by atoms with van der Waals surface area (Å²) in [6.45, 7) is 4.20. The van der Waals surface area contributed by atoms with Crippen molar-refractivity contribution in [3.05, 3.63) is 18.0 Å². The molecule has 0 saturated carbocycles. The largest absolute Gasteiger partial charge is 0.364 e. The fraction of sp³-hybridized carbons (Fsp3) is 0.545. The van der Waals surface area contributed by atoms with E-state index in [9.17, 15) is 9.59 Å². The van der Waals surface area contributed by atoms with Gasteiger partial charge in [0.05, 0.1) is 6.54 Å². The average molecular weight is 237 g/mol. The van der Waals surface area contributed by atoms with Crippen LogP contribution in [0.15, 0.2) is 16.9 Å². The monoisotopic (exact) mass is 237 g/mol. The summed E-state index contributed by atoms with van der Waals surface area (Å²) in [5.74, 6) is -0.124. The lowest BCUT2D eigenvalue weighted by molar-refractivity contribution is -0.146. The first-order valence-electron chi connectivity index (χ1n) is 5.55. The molecule has 1 aliphatic rings. The highest BCUT2D eigenvalue weighted by molar-refractivity contribution is 5.94. The minimum atomic E-state index is -0.442. The highest BCUT2D eigenvalue weighted by Gasteiger charge is 2.34. The summed E-state index contributed by atoms with van der Waals surface area (Å²) in [5, 5.41) is 6.44. The van der Waals surface area contributed by atoms with E-state index in [-0.39, 0.29) is 24.3 Å². The molecule has 1 unspecified atom stereocenters. The number of nitrogens with one attached hydrogen (secondary N) is 1. The van der Waals surface area contributed by atoms with Crippen molar-refractivity contribution < 1.29 is 14.1 Å². The molecule has 2 rings (SSSR count). The smallest absolute Gasteiger partial charge is 0.246 e. The van der Waals surface area contributed by atoms with Gasteiger partial charge >= 0.3 is 0 Å². The molecule has 1 aromatic heterocycles. The van der Waals surface area contributed by atoms with Gasteiger partial charge in [0.15, 0.2) is 0 Å². The lowest BCUT2D eigenvalue weighted by Crippen LogP contribution is -2.59. The number of hydrogen-bond acceptors (Lipinski definition) is 4. The van der Waals surface area contributed by atoms with Gasteiger partial charge in [0.1, 0.15) is 24.5 Å². The Hall–Kier alpha value is -1.85. The normalized spacial score (nSPS) is 20.9. The van der Waals surface area contributed by atoms with Gasteiger partial charge in [-0.25, -0.2) is 0 Å². The van der Waals surface area contributed by atoms with E-state index in [0.717, 1.165) is 0 Å². The summed E-state index contributed by atoms with van der Waals surface area (Å²) in [4.78, 5) is 25.1. The minimum absolute atomic E-state index is 0.0670. The summed E-state index contributed by atoms with van der Waals surface area (Å²) >= 11 is 0. The molecule has 2 amide bonds. The van der Waals surface area contributed by atoms with Crippen molar-refractivity contribution >= 4 is 11.8 Å². The zero-order valence-electron chi connectivity index (χ0n) is 9.84. The van der Waals surface area contributed by atoms with Gasteiger partial charge in [0.2, 0.25) is 11.8 Å². The highest BCUT2D eigenvalue weighted by Crippen LogP contribution is 2.13. The molecule has 6 nitrogen and oxygen atoms in total. The van der Waals surface area contributed by atoms with Crippen LogP contribution >= 0.6 is 0 Å². The molecule has 1 N–H and O–H groups in total. The van der Waals surface area contributed by atoms with E-state index in [0.29, 0.717) is 12.2 Å². The minimum Gasteiger partial charge on any atom is -0.364 e. The van der Waals surface area contributed by atoms with Crippen molar-refractivity contribution in [1.82, 2.24) is 15.4 Å². The summed E-state index contributed by atoms with van der Waals surface area (Å²) in [6, 6.07) is 1.24. The van der Waals surface area contributed by atoms with Crippen molar-refractivity contribution in [3.63, 3.8) is 0 Å². The predicted octanol–water partition coefficient (Wildman–Crippen LogP) is 0.158. The zero-order chi connectivity index (χ0) is 12.4. The Balaban J connectivity index is 2.10. The second-order valence-electron chi connectivity index (χ2n) is 4.47. The number of nitrogens with zero attached hydrogens (tertiary/aromatic N) is 2. The van der Waals surface area contributed by atoms with Gasteiger partial charge in [0, 0.05) is 6.07 Å². The first-order valence-corrected chi connectivity index (χ1v) is 5.55. The lowest BCUT2D eigenvalue weighted by atomic mass is 10.0. The van der Waals surface area contributed by atoms with Gasteiger partial charge in [-0.1, -0.05) is 19.0 Å². The fourth-order valence-electron chi connectivity index (χ4n) is 1.83. The molecule has 1 saturated heterocycles. The van der Waals surface area contributed by atoms with E-state index in [4.69, 9.17) is 4.52 Å². The third kappa shape index (κ3) is 2.46. The van der Waals surface area contributed by atoms with E-state index >= 15 is 0 Å². The highest BCUT2D eigenvalue weighted by atomic mass is 16.5. The van der Waals surface area contributed by atoms with Crippen molar-refractivity contribution in [2.24, 2.45) is 5.92 Å². The van der Waals surface area contributed by atoms with Crippen molar-refractivity contribution in [1.29, 1.82) is 0 Å². The van der Waals surface area contributed by atoms with E-state index in [1.807, 2.05) is 13.8 Å². The van der Waals surface area contributed by atoms with E-state index in [1.54, 1.807) is 6.07 Å². The van der Waals surface area contributed by atoms with E-state index < -0.39 is 6.04 Å². The van der Waals surface area contributed by atoms with Crippen LogP contribution < -0.4 is 5.32 Å². The van der Waals surface area contributed by atoms with E-state index in [1.165, 1.54) is 11.2 Å². The van der Waals surface area contributed by atoms with Gasteiger partial charge in [-0.2, -0.15) is 0 Å². The third-order valence-electron chi connectivity index (χ3n) is 2.74. The van der Waals surface area contributed by atoms with Gasteiger partial charge in [-0.05, 0) is 5.92 Å². The number of piperazine rings is 1. The van der Waals surface area contributed by atoms with Crippen molar-refractivity contribution in [2.75, 3.05) is 6.54 Å². The van der Waals surface area contributed by atoms with Crippen LogP contribution in [0.4, 0.5) is 0 Å². The molecule has 0 aromatic carbocycles. The van der Waals surface area contributed by atoms with Crippen LogP contribution in [0, 0.1) is 5.92 Å². The number of carbonyl (C=O) groups is 2. The summed E-state index contributed by atoms with van der Waals surface area (Å²) in [6.07, 6.45) is 1.45. The first kappa shape index (κ1) is 11.6. The molecule has 1 fully saturated rings. The molecule has 0 aliphatic carbocycles. The zero-order valence-corrected chi connectivity index (χ0v) is 9.84. The molecule has 17 heavy (non-hydrogen) atoms. The molecule has 1 aliphatic heterocycles.